The van der Waals surface area contributed by atoms with Crippen molar-refractivity contribution in [2.24, 2.45) is 11.5 Å². The van der Waals surface area contributed by atoms with Crippen molar-refractivity contribution < 1.29 is 9.15 Å². The van der Waals surface area contributed by atoms with Gasteiger partial charge in [0.05, 0.1) is 31.0 Å². The van der Waals surface area contributed by atoms with Crippen LogP contribution < -0.4 is 16.2 Å². The van der Waals surface area contributed by atoms with Gasteiger partial charge in [-0.25, -0.2) is 9.97 Å². The van der Waals surface area contributed by atoms with Crippen LogP contribution in [0.2, 0.25) is 0 Å². The predicted molar refractivity (Wildman–Crippen MR) is 118 cm³/mol. The van der Waals surface area contributed by atoms with Crippen molar-refractivity contribution in [3.8, 4) is 39.5 Å². The van der Waals surface area contributed by atoms with E-state index >= 15 is 0 Å². The lowest BCUT2D eigenvalue weighted by molar-refractivity contribution is 0.300. The van der Waals surface area contributed by atoms with Crippen LogP contribution >= 0.6 is 0 Å². The highest BCUT2D eigenvalue weighted by atomic mass is 16.5. The van der Waals surface area contributed by atoms with Gasteiger partial charge in [-0.1, -0.05) is 48.5 Å². The summed E-state index contributed by atoms with van der Waals surface area (Å²) in [6.07, 6.45) is 5.82. The van der Waals surface area contributed by atoms with Crippen LogP contribution in [-0.2, 0) is 6.54 Å². The van der Waals surface area contributed by atoms with Crippen molar-refractivity contribution in [2.45, 2.75) is 13.0 Å². The van der Waals surface area contributed by atoms with Crippen molar-refractivity contribution in [2.75, 3.05) is 13.2 Å². The molecule has 152 valence electrons. The van der Waals surface area contributed by atoms with Crippen LogP contribution in [0.3, 0.4) is 0 Å². The number of nitrogens with two attached hydrogens (primary N) is 2. The Morgan fingerprint density at radius 1 is 0.800 bits per heavy atom. The summed E-state index contributed by atoms with van der Waals surface area (Å²) in [5.41, 5.74) is 18.0. The number of hydrogen-bond donors (Lipinski definition) is 2. The maximum absolute atomic E-state index is 5.74. The molecule has 30 heavy (non-hydrogen) atoms. The largest absolute Gasteiger partial charge is 0.477 e. The molecule has 0 atom stereocenters. The van der Waals surface area contributed by atoms with Gasteiger partial charge in [-0.05, 0) is 30.2 Å². The average Bonchev–Trinajstić information content (AvgIpc) is 3.34. The molecule has 0 unspecified atom stereocenters. The maximum atomic E-state index is 5.74. The fraction of sp³-hybridized carbons (Fsp3) is 0.167. The predicted octanol–water partition coefficient (Wildman–Crippen LogP) is 4.26. The minimum atomic E-state index is 0.486. The van der Waals surface area contributed by atoms with E-state index in [0.717, 1.165) is 45.6 Å². The molecule has 0 saturated heterocycles. The zero-order valence-electron chi connectivity index (χ0n) is 16.6. The Kier molecular flexibility index (Phi) is 6.17. The van der Waals surface area contributed by atoms with Crippen LogP contribution in [0.15, 0.2) is 77.7 Å². The number of benzene rings is 2. The van der Waals surface area contributed by atoms with Crippen LogP contribution in [0.1, 0.15) is 12.0 Å². The van der Waals surface area contributed by atoms with Crippen molar-refractivity contribution in [3.63, 3.8) is 0 Å². The Hall–Kier alpha value is -3.48. The summed E-state index contributed by atoms with van der Waals surface area (Å²) in [5.74, 6) is 0.486. The SMILES string of the molecule is NCCCOc1cnc(-c2ccc(CN)cc2)c(-c2ccc(-c3ccoc3)cc2)n1. The Balaban J connectivity index is 1.72. The van der Waals surface area contributed by atoms with Gasteiger partial charge in [-0.3, -0.25) is 0 Å². The molecular weight excluding hydrogens is 376 g/mol. The summed E-state index contributed by atoms with van der Waals surface area (Å²) < 4.78 is 10.9. The van der Waals surface area contributed by atoms with E-state index in [1.54, 1.807) is 18.7 Å². The first-order valence-electron chi connectivity index (χ1n) is 9.91. The highest BCUT2D eigenvalue weighted by molar-refractivity contribution is 5.79. The van der Waals surface area contributed by atoms with Crippen LogP contribution in [0.5, 0.6) is 5.88 Å². The van der Waals surface area contributed by atoms with E-state index in [-0.39, 0.29) is 0 Å². The number of nitrogens with zero attached hydrogens (tertiary/aromatic N) is 2. The van der Waals surface area contributed by atoms with E-state index < -0.39 is 0 Å². The summed E-state index contributed by atoms with van der Waals surface area (Å²) in [5, 5.41) is 0. The molecule has 0 fully saturated rings. The highest BCUT2D eigenvalue weighted by Gasteiger charge is 2.14. The zero-order valence-corrected chi connectivity index (χ0v) is 16.6. The number of furan rings is 1. The normalized spacial score (nSPS) is 10.9. The Morgan fingerprint density at radius 2 is 1.50 bits per heavy atom. The van der Waals surface area contributed by atoms with Gasteiger partial charge < -0.3 is 20.6 Å². The first-order valence-corrected chi connectivity index (χ1v) is 9.91. The summed E-state index contributed by atoms with van der Waals surface area (Å²) in [6, 6.07) is 18.2. The van der Waals surface area contributed by atoms with E-state index in [1.807, 2.05) is 54.6 Å². The molecule has 0 spiro atoms. The Morgan fingerprint density at radius 3 is 2.17 bits per heavy atom. The molecule has 2 aromatic carbocycles. The minimum Gasteiger partial charge on any atom is -0.477 e. The van der Waals surface area contributed by atoms with Gasteiger partial charge in [0.25, 0.3) is 0 Å². The van der Waals surface area contributed by atoms with E-state index in [9.17, 15) is 0 Å². The van der Waals surface area contributed by atoms with Gasteiger partial charge in [0.15, 0.2) is 0 Å². The first kappa shape index (κ1) is 19.8. The maximum Gasteiger partial charge on any atom is 0.232 e. The highest BCUT2D eigenvalue weighted by Crippen LogP contribution is 2.32. The third-order valence-electron chi connectivity index (χ3n) is 4.82. The zero-order chi connectivity index (χ0) is 20.8. The standard InChI is InChI=1S/C24H24N4O2/c25-11-1-12-30-22-15-27-23(19-4-2-17(14-26)3-5-19)24(28-22)20-8-6-18(7-9-20)21-10-13-29-16-21/h2-10,13,15-16H,1,11-12,14,25-26H2. The van der Waals surface area contributed by atoms with Gasteiger partial charge in [-0.2, -0.15) is 0 Å². The molecule has 6 heteroatoms. The van der Waals surface area contributed by atoms with Crippen molar-refractivity contribution in [3.05, 3.63) is 78.9 Å². The molecule has 4 aromatic rings. The first-order chi connectivity index (χ1) is 14.8. The molecule has 0 amide bonds. The fourth-order valence-electron chi connectivity index (χ4n) is 3.16. The molecular formula is C24H24N4O2. The van der Waals surface area contributed by atoms with E-state index in [0.29, 0.717) is 25.6 Å². The van der Waals surface area contributed by atoms with E-state index in [4.69, 9.17) is 25.6 Å². The average molecular weight is 400 g/mol. The summed E-state index contributed by atoms with van der Waals surface area (Å²) in [7, 11) is 0. The fourth-order valence-corrected chi connectivity index (χ4v) is 3.16. The third kappa shape index (κ3) is 4.40. The lowest BCUT2D eigenvalue weighted by Crippen LogP contribution is -2.07. The third-order valence-corrected chi connectivity index (χ3v) is 4.82. The molecule has 2 heterocycles. The molecule has 0 aliphatic heterocycles. The van der Waals surface area contributed by atoms with Gasteiger partial charge in [0.2, 0.25) is 5.88 Å². The number of rotatable bonds is 8. The molecule has 0 saturated carbocycles. The van der Waals surface area contributed by atoms with Crippen LogP contribution in [0, 0.1) is 0 Å². The van der Waals surface area contributed by atoms with Gasteiger partial charge in [-0.15, -0.1) is 0 Å². The molecule has 0 aliphatic rings. The molecule has 4 rings (SSSR count). The summed E-state index contributed by atoms with van der Waals surface area (Å²) >= 11 is 0. The monoisotopic (exact) mass is 400 g/mol. The van der Waals surface area contributed by atoms with Gasteiger partial charge in [0, 0.05) is 23.2 Å². The second-order valence-corrected chi connectivity index (χ2v) is 6.89. The lowest BCUT2D eigenvalue weighted by Gasteiger charge is -2.12. The number of aromatic nitrogens is 2. The molecule has 0 aliphatic carbocycles. The molecule has 2 aromatic heterocycles. The minimum absolute atomic E-state index is 0.486. The Bertz CT molecular complexity index is 1080. The number of hydrogen-bond acceptors (Lipinski definition) is 6. The smallest absolute Gasteiger partial charge is 0.232 e. The molecule has 0 radical (unpaired) electrons. The Labute approximate surface area is 175 Å². The topological polar surface area (TPSA) is 100 Å². The van der Waals surface area contributed by atoms with Crippen LogP contribution in [0.25, 0.3) is 33.6 Å². The molecule has 6 nitrogen and oxygen atoms in total. The van der Waals surface area contributed by atoms with Gasteiger partial charge in [0.1, 0.15) is 5.69 Å². The van der Waals surface area contributed by atoms with Crippen molar-refractivity contribution >= 4 is 0 Å². The van der Waals surface area contributed by atoms with Gasteiger partial charge >= 0.3 is 0 Å². The van der Waals surface area contributed by atoms with E-state index in [2.05, 4.69) is 4.98 Å². The second kappa shape index (κ2) is 9.35. The molecule has 0 bridgehead atoms. The van der Waals surface area contributed by atoms with Crippen LogP contribution in [-0.4, -0.2) is 23.1 Å². The van der Waals surface area contributed by atoms with Crippen molar-refractivity contribution in [1.82, 2.24) is 9.97 Å². The lowest BCUT2D eigenvalue weighted by atomic mass is 10.0. The van der Waals surface area contributed by atoms with Crippen LogP contribution in [0.4, 0.5) is 0 Å². The summed E-state index contributed by atoms with van der Waals surface area (Å²) in [4.78, 5) is 9.42. The second-order valence-electron chi connectivity index (χ2n) is 6.89. The molecule has 4 N–H and O–H groups in total. The summed E-state index contributed by atoms with van der Waals surface area (Å²) in [6.45, 7) is 1.58. The quantitative estimate of drug-likeness (QED) is 0.429. The van der Waals surface area contributed by atoms with E-state index in [1.165, 1.54) is 0 Å². The van der Waals surface area contributed by atoms with Crippen molar-refractivity contribution in [1.29, 1.82) is 0 Å². The number of ether oxygens (including phenoxy) is 1.